The van der Waals surface area contributed by atoms with Crippen molar-refractivity contribution in [2.75, 3.05) is 19.7 Å². The fourth-order valence-corrected chi connectivity index (χ4v) is 5.09. The van der Waals surface area contributed by atoms with Gasteiger partial charge < -0.3 is 4.74 Å². The van der Waals surface area contributed by atoms with Gasteiger partial charge in [-0.05, 0) is 80.4 Å². The zero-order valence-electron chi connectivity index (χ0n) is 16.8. The van der Waals surface area contributed by atoms with E-state index in [9.17, 15) is 0 Å². The van der Waals surface area contributed by atoms with E-state index in [0.717, 1.165) is 18.8 Å². The molecular formula is C25H33NO. The molecule has 2 heteroatoms. The monoisotopic (exact) mass is 363 g/mol. The first-order valence-corrected chi connectivity index (χ1v) is 10.8. The summed E-state index contributed by atoms with van der Waals surface area (Å²) in [4.78, 5) is 2.81. The Morgan fingerprint density at radius 2 is 1.89 bits per heavy atom. The minimum absolute atomic E-state index is 0.428. The summed E-state index contributed by atoms with van der Waals surface area (Å²) in [5.41, 5.74) is 4.84. The molecule has 0 N–H and O–H groups in total. The van der Waals surface area contributed by atoms with Crippen LogP contribution in [0.25, 0.3) is 0 Å². The Balaban J connectivity index is 1.40. The zero-order chi connectivity index (χ0) is 18.5. The Morgan fingerprint density at radius 3 is 2.74 bits per heavy atom. The highest BCUT2D eigenvalue weighted by Crippen LogP contribution is 2.40. The fraction of sp³-hybridized carbons (Fsp3) is 0.520. The maximum Gasteiger partial charge on any atom is 0.119 e. The van der Waals surface area contributed by atoms with E-state index in [4.69, 9.17) is 4.74 Å². The van der Waals surface area contributed by atoms with Crippen LogP contribution in [0.3, 0.4) is 0 Å². The zero-order valence-corrected chi connectivity index (χ0v) is 16.8. The number of benzene rings is 2. The van der Waals surface area contributed by atoms with Gasteiger partial charge in [0.25, 0.3) is 0 Å². The molecule has 0 aromatic heterocycles. The molecule has 0 amide bonds. The van der Waals surface area contributed by atoms with Gasteiger partial charge in [-0.2, -0.15) is 0 Å². The van der Waals surface area contributed by atoms with Gasteiger partial charge in [-0.3, -0.25) is 4.90 Å². The van der Waals surface area contributed by atoms with Gasteiger partial charge in [-0.25, -0.2) is 0 Å². The first-order chi connectivity index (χ1) is 13.3. The Hall–Kier alpha value is -1.80. The summed E-state index contributed by atoms with van der Waals surface area (Å²) in [6.07, 6.45) is 10.1. The van der Waals surface area contributed by atoms with Crippen molar-refractivity contribution in [3.05, 3.63) is 65.2 Å². The smallest absolute Gasteiger partial charge is 0.119 e. The molecule has 2 aromatic rings. The predicted octanol–water partition coefficient (Wildman–Crippen LogP) is 5.43. The molecule has 1 heterocycles. The molecule has 1 unspecified atom stereocenters. The Kier molecular flexibility index (Phi) is 5.83. The van der Waals surface area contributed by atoms with Gasteiger partial charge in [0.05, 0.1) is 6.61 Å². The SMILES string of the molecule is CCCN1CCCCC12CCc1cc(OCCc3ccccc3)ccc1C2. The summed E-state index contributed by atoms with van der Waals surface area (Å²) in [5.74, 6) is 1.04. The predicted molar refractivity (Wildman–Crippen MR) is 113 cm³/mol. The minimum Gasteiger partial charge on any atom is -0.493 e. The summed E-state index contributed by atoms with van der Waals surface area (Å²) in [5, 5.41) is 0. The van der Waals surface area contributed by atoms with Gasteiger partial charge >= 0.3 is 0 Å². The lowest BCUT2D eigenvalue weighted by atomic mass is 9.72. The number of piperidine rings is 1. The Morgan fingerprint density at radius 1 is 1.00 bits per heavy atom. The van der Waals surface area contributed by atoms with Crippen molar-refractivity contribution in [2.45, 2.75) is 63.8 Å². The van der Waals surface area contributed by atoms with Gasteiger partial charge in [-0.15, -0.1) is 0 Å². The van der Waals surface area contributed by atoms with Crippen LogP contribution < -0.4 is 4.74 Å². The molecule has 1 aliphatic carbocycles. The van der Waals surface area contributed by atoms with Crippen molar-refractivity contribution in [3.8, 4) is 5.75 Å². The molecule has 1 spiro atoms. The number of hydrogen-bond donors (Lipinski definition) is 0. The average Bonchev–Trinajstić information content (AvgIpc) is 2.71. The first kappa shape index (κ1) is 18.6. The average molecular weight is 364 g/mol. The molecular weight excluding hydrogens is 330 g/mol. The van der Waals surface area contributed by atoms with E-state index in [2.05, 4.69) is 60.4 Å². The molecule has 0 saturated carbocycles. The molecule has 144 valence electrons. The lowest BCUT2D eigenvalue weighted by molar-refractivity contribution is 0.0340. The van der Waals surface area contributed by atoms with E-state index >= 15 is 0 Å². The molecule has 2 nitrogen and oxygen atoms in total. The maximum atomic E-state index is 6.06. The Bertz CT molecular complexity index is 739. The van der Waals surface area contributed by atoms with E-state index in [1.807, 2.05) is 0 Å². The number of rotatable bonds is 6. The molecule has 27 heavy (non-hydrogen) atoms. The van der Waals surface area contributed by atoms with Crippen molar-refractivity contribution in [1.82, 2.24) is 4.90 Å². The summed E-state index contributed by atoms with van der Waals surface area (Å²) in [6, 6.07) is 17.4. The topological polar surface area (TPSA) is 12.5 Å². The maximum absolute atomic E-state index is 6.06. The third-order valence-corrected chi connectivity index (χ3v) is 6.54. The summed E-state index contributed by atoms with van der Waals surface area (Å²) in [6.45, 7) is 5.62. The molecule has 0 bridgehead atoms. The van der Waals surface area contributed by atoms with E-state index in [1.54, 1.807) is 5.56 Å². The van der Waals surface area contributed by atoms with Crippen LogP contribution in [0.1, 0.15) is 55.7 Å². The number of hydrogen-bond acceptors (Lipinski definition) is 2. The largest absolute Gasteiger partial charge is 0.493 e. The van der Waals surface area contributed by atoms with Crippen LogP contribution in [0, 0.1) is 0 Å². The van der Waals surface area contributed by atoms with Gasteiger partial charge in [0.15, 0.2) is 0 Å². The van der Waals surface area contributed by atoms with Gasteiger partial charge in [0.1, 0.15) is 5.75 Å². The molecule has 1 aliphatic heterocycles. The van der Waals surface area contributed by atoms with E-state index in [-0.39, 0.29) is 0 Å². The second-order valence-electron chi connectivity index (χ2n) is 8.36. The lowest BCUT2D eigenvalue weighted by Crippen LogP contribution is -2.55. The number of ether oxygens (including phenoxy) is 1. The quantitative estimate of drug-likeness (QED) is 0.678. The molecule has 1 fully saturated rings. The fourth-order valence-electron chi connectivity index (χ4n) is 5.09. The lowest BCUT2D eigenvalue weighted by Gasteiger charge is -2.50. The van der Waals surface area contributed by atoms with Crippen LogP contribution in [0.5, 0.6) is 5.75 Å². The van der Waals surface area contributed by atoms with Crippen LogP contribution >= 0.6 is 0 Å². The third-order valence-electron chi connectivity index (χ3n) is 6.54. The molecule has 1 atom stereocenters. The molecule has 4 rings (SSSR count). The number of likely N-dealkylation sites (tertiary alicyclic amines) is 1. The first-order valence-electron chi connectivity index (χ1n) is 10.8. The van der Waals surface area contributed by atoms with E-state index in [0.29, 0.717) is 5.54 Å². The standard InChI is InChI=1S/C25H33NO/c1-2-16-26-17-7-6-14-25(26)15-12-22-19-24(11-10-23(22)20-25)27-18-13-21-8-4-3-5-9-21/h3-5,8-11,19H,2,6-7,12-18,20H2,1H3. The van der Waals surface area contributed by atoms with Crippen molar-refractivity contribution in [2.24, 2.45) is 0 Å². The summed E-state index contributed by atoms with van der Waals surface area (Å²) in [7, 11) is 0. The molecule has 0 radical (unpaired) electrons. The summed E-state index contributed by atoms with van der Waals surface area (Å²) >= 11 is 0. The number of aryl methyl sites for hydroxylation is 1. The second-order valence-corrected chi connectivity index (χ2v) is 8.36. The highest BCUT2D eigenvalue weighted by Gasteiger charge is 2.40. The molecule has 2 aliphatic rings. The van der Waals surface area contributed by atoms with Gasteiger partial charge in [0, 0.05) is 12.0 Å². The van der Waals surface area contributed by atoms with Crippen LogP contribution in [0.4, 0.5) is 0 Å². The summed E-state index contributed by atoms with van der Waals surface area (Å²) < 4.78 is 6.06. The van der Waals surface area contributed by atoms with Crippen LogP contribution in [-0.2, 0) is 19.3 Å². The van der Waals surface area contributed by atoms with Crippen molar-refractivity contribution < 1.29 is 4.74 Å². The second kappa shape index (κ2) is 8.48. The van der Waals surface area contributed by atoms with Crippen molar-refractivity contribution in [3.63, 3.8) is 0 Å². The van der Waals surface area contributed by atoms with Crippen LogP contribution in [-0.4, -0.2) is 30.1 Å². The van der Waals surface area contributed by atoms with Gasteiger partial charge in [0.2, 0.25) is 0 Å². The minimum atomic E-state index is 0.428. The molecule has 1 saturated heterocycles. The number of fused-ring (bicyclic) bond motifs is 1. The van der Waals surface area contributed by atoms with E-state index in [1.165, 1.54) is 69.2 Å². The van der Waals surface area contributed by atoms with Gasteiger partial charge in [-0.1, -0.05) is 49.7 Å². The third kappa shape index (κ3) is 4.21. The van der Waals surface area contributed by atoms with E-state index < -0.39 is 0 Å². The van der Waals surface area contributed by atoms with Crippen molar-refractivity contribution in [1.29, 1.82) is 0 Å². The Labute approximate surface area is 164 Å². The van der Waals surface area contributed by atoms with Crippen LogP contribution in [0.2, 0.25) is 0 Å². The number of nitrogens with zero attached hydrogens (tertiary/aromatic N) is 1. The highest BCUT2D eigenvalue weighted by atomic mass is 16.5. The highest BCUT2D eigenvalue weighted by molar-refractivity contribution is 5.39. The normalized spacial score (nSPS) is 22.6. The molecule has 2 aromatic carbocycles. The van der Waals surface area contributed by atoms with Crippen LogP contribution in [0.15, 0.2) is 48.5 Å². The van der Waals surface area contributed by atoms with Crippen molar-refractivity contribution >= 4 is 0 Å².